The SMILES string of the molecule is C[C@@H](C(=O)Nc1cccc(NC(=O)c2ccc(Cl)cc2)c1)n1cccn1. The summed E-state index contributed by atoms with van der Waals surface area (Å²) in [5.41, 5.74) is 1.66. The third kappa shape index (κ3) is 4.29. The molecule has 0 aliphatic heterocycles. The van der Waals surface area contributed by atoms with Crippen molar-refractivity contribution in [1.82, 2.24) is 9.78 Å². The quantitative estimate of drug-likeness (QED) is 0.715. The number of halogens is 1. The summed E-state index contributed by atoms with van der Waals surface area (Å²) >= 11 is 5.83. The Morgan fingerprint density at radius 2 is 1.73 bits per heavy atom. The molecule has 1 aromatic heterocycles. The summed E-state index contributed by atoms with van der Waals surface area (Å²) in [4.78, 5) is 24.6. The maximum absolute atomic E-state index is 12.3. The molecule has 0 saturated heterocycles. The molecule has 2 N–H and O–H groups in total. The summed E-state index contributed by atoms with van der Waals surface area (Å²) < 4.78 is 1.57. The van der Waals surface area contributed by atoms with Gasteiger partial charge < -0.3 is 10.6 Å². The van der Waals surface area contributed by atoms with Crippen molar-refractivity contribution in [3.63, 3.8) is 0 Å². The van der Waals surface area contributed by atoms with Gasteiger partial charge in [0.1, 0.15) is 6.04 Å². The lowest BCUT2D eigenvalue weighted by Gasteiger charge is -2.13. The van der Waals surface area contributed by atoms with Gasteiger partial charge in [-0.05, 0) is 55.5 Å². The van der Waals surface area contributed by atoms with Gasteiger partial charge in [0, 0.05) is 34.4 Å². The summed E-state index contributed by atoms with van der Waals surface area (Å²) in [5.74, 6) is -0.454. The second-order valence-corrected chi connectivity index (χ2v) is 6.13. The Labute approximate surface area is 155 Å². The van der Waals surface area contributed by atoms with E-state index in [0.29, 0.717) is 22.0 Å². The highest BCUT2D eigenvalue weighted by atomic mass is 35.5. The molecule has 26 heavy (non-hydrogen) atoms. The van der Waals surface area contributed by atoms with Gasteiger partial charge in [-0.2, -0.15) is 5.10 Å². The normalized spacial score (nSPS) is 11.6. The van der Waals surface area contributed by atoms with E-state index in [1.54, 1.807) is 78.6 Å². The number of nitrogens with zero attached hydrogens (tertiary/aromatic N) is 2. The van der Waals surface area contributed by atoms with E-state index in [4.69, 9.17) is 11.6 Å². The van der Waals surface area contributed by atoms with Crippen LogP contribution in [0.2, 0.25) is 5.02 Å². The molecule has 3 rings (SSSR count). The molecule has 0 radical (unpaired) electrons. The van der Waals surface area contributed by atoms with Crippen molar-refractivity contribution in [3.05, 3.63) is 77.6 Å². The summed E-state index contributed by atoms with van der Waals surface area (Å²) in [6.45, 7) is 1.76. The van der Waals surface area contributed by atoms with Crippen molar-refractivity contribution in [2.24, 2.45) is 0 Å². The number of carbonyl (C=O) groups excluding carboxylic acids is 2. The van der Waals surface area contributed by atoms with Crippen LogP contribution in [-0.2, 0) is 4.79 Å². The largest absolute Gasteiger partial charge is 0.324 e. The monoisotopic (exact) mass is 368 g/mol. The zero-order valence-electron chi connectivity index (χ0n) is 14.0. The molecule has 0 aliphatic carbocycles. The molecule has 6 nitrogen and oxygen atoms in total. The number of rotatable bonds is 5. The lowest BCUT2D eigenvalue weighted by Crippen LogP contribution is -2.24. The first-order valence-corrected chi connectivity index (χ1v) is 8.38. The van der Waals surface area contributed by atoms with Gasteiger partial charge in [0.05, 0.1) is 0 Å². The molecule has 0 spiro atoms. The standard InChI is InChI=1S/C19H17ClN4O2/c1-13(24-11-3-10-21-24)18(25)22-16-4-2-5-17(12-16)23-19(26)14-6-8-15(20)9-7-14/h2-13H,1H3,(H,22,25)(H,23,26)/t13-/m0/s1. The molecule has 1 atom stereocenters. The minimum absolute atomic E-state index is 0.199. The predicted octanol–water partition coefficient (Wildman–Crippen LogP) is 3.99. The van der Waals surface area contributed by atoms with Gasteiger partial charge in [-0.15, -0.1) is 0 Å². The second kappa shape index (κ2) is 7.84. The summed E-state index contributed by atoms with van der Waals surface area (Å²) in [6.07, 6.45) is 3.35. The second-order valence-electron chi connectivity index (χ2n) is 5.69. The summed E-state index contributed by atoms with van der Waals surface area (Å²) in [5, 5.41) is 10.3. The number of aromatic nitrogens is 2. The molecule has 1 heterocycles. The van der Waals surface area contributed by atoms with Gasteiger partial charge in [-0.25, -0.2) is 0 Å². The summed E-state index contributed by atoms with van der Waals surface area (Å²) in [6, 6.07) is 14.9. The Kier molecular flexibility index (Phi) is 5.34. The zero-order valence-corrected chi connectivity index (χ0v) is 14.8. The predicted molar refractivity (Wildman–Crippen MR) is 101 cm³/mol. The average Bonchev–Trinajstić information content (AvgIpc) is 3.16. The molecule has 0 fully saturated rings. The van der Waals surface area contributed by atoms with Crippen LogP contribution in [0.1, 0.15) is 23.3 Å². The average molecular weight is 369 g/mol. The molecular weight excluding hydrogens is 352 g/mol. The van der Waals surface area contributed by atoms with Crippen LogP contribution in [0.25, 0.3) is 0 Å². The van der Waals surface area contributed by atoms with E-state index in [2.05, 4.69) is 15.7 Å². The highest BCUT2D eigenvalue weighted by Crippen LogP contribution is 2.18. The molecule has 0 aliphatic rings. The lowest BCUT2D eigenvalue weighted by molar-refractivity contribution is -0.119. The van der Waals surface area contributed by atoms with E-state index in [0.717, 1.165) is 0 Å². The fourth-order valence-corrected chi connectivity index (χ4v) is 2.48. The van der Waals surface area contributed by atoms with Crippen LogP contribution in [-0.4, -0.2) is 21.6 Å². The first kappa shape index (κ1) is 17.7. The number of nitrogens with one attached hydrogen (secondary N) is 2. The molecule has 2 amide bonds. The van der Waals surface area contributed by atoms with E-state index in [1.807, 2.05) is 0 Å². The number of benzene rings is 2. The Bertz CT molecular complexity index is 908. The molecule has 7 heteroatoms. The van der Waals surface area contributed by atoms with E-state index in [-0.39, 0.29) is 11.8 Å². The number of hydrogen-bond donors (Lipinski definition) is 2. The van der Waals surface area contributed by atoms with Gasteiger partial charge in [-0.3, -0.25) is 14.3 Å². The number of amides is 2. The third-order valence-electron chi connectivity index (χ3n) is 3.80. The third-order valence-corrected chi connectivity index (χ3v) is 4.05. The van der Waals surface area contributed by atoms with E-state index in [1.165, 1.54) is 0 Å². The number of carbonyl (C=O) groups is 2. The molecule has 0 unspecified atom stereocenters. The molecule has 0 bridgehead atoms. The Balaban J connectivity index is 1.67. The minimum atomic E-state index is -0.447. The molecule has 3 aromatic rings. The van der Waals surface area contributed by atoms with Crippen LogP contribution in [0.15, 0.2) is 67.0 Å². The highest BCUT2D eigenvalue weighted by molar-refractivity contribution is 6.30. The highest BCUT2D eigenvalue weighted by Gasteiger charge is 2.15. The fraction of sp³-hybridized carbons (Fsp3) is 0.105. The van der Waals surface area contributed by atoms with Crippen LogP contribution in [0.5, 0.6) is 0 Å². The van der Waals surface area contributed by atoms with Crippen molar-refractivity contribution >= 4 is 34.8 Å². The molecular formula is C19H17ClN4O2. The van der Waals surface area contributed by atoms with Crippen molar-refractivity contribution in [2.45, 2.75) is 13.0 Å². The molecule has 2 aromatic carbocycles. The van der Waals surface area contributed by atoms with E-state index in [9.17, 15) is 9.59 Å². The molecule has 0 saturated carbocycles. The van der Waals surface area contributed by atoms with Crippen molar-refractivity contribution in [3.8, 4) is 0 Å². The first-order chi connectivity index (χ1) is 12.5. The first-order valence-electron chi connectivity index (χ1n) is 8.00. The van der Waals surface area contributed by atoms with Gasteiger partial charge in [0.25, 0.3) is 5.91 Å². The number of hydrogen-bond acceptors (Lipinski definition) is 3. The minimum Gasteiger partial charge on any atom is -0.324 e. The van der Waals surface area contributed by atoms with Crippen LogP contribution in [0.4, 0.5) is 11.4 Å². The van der Waals surface area contributed by atoms with Crippen molar-refractivity contribution in [1.29, 1.82) is 0 Å². The topological polar surface area (TPSA) is 76.0 Å². The Morgan fingerprint density at radius 3 is 2.38 bits per heavy atom. The maximum Gasteiger partial charge on any atom is 0.255 e. The Morgan fingerprint density at radius 1 is 1.04 bits per heavy atom. The van der Waals surface area contributed by atoms with Crippen LogP contribution >= 0.6 is 11.6 Å². The van der Waals surface area contributed by atoms with E-state index >= 15 is 0 Å². The van der Waals surface area contributed by atoms with Gasteiger partial charge in [0.15, 0.2) is 0 Å². The Hall–Kier alpha value is -3.12. The zero-order chi connectivity index (χ0) is 18.5. The van der Waals surface area contributed by atoms with E-state index < -0.39 is 6.04 Å². The van der Waals surface area contributed by atoms with Crippen molar-refractivity contribution < 1.29 is 9.59 Å². The van der Waals surface area contributed by atoms with Crippen LogP contribution in [0, 0.1) is 0 Å². The number of anilines is 2. The van der Waals surface area contributed by atoms with Gasteiger partial charge in [-0.1, -0.05) is 17.7 Å². The van der Waals surface area contributed by atoms with Gasteiger partial charge in [0.2, 0.25) is 5.91 Å². The fourth-order valence-electron chi connectivity index (χ4n) is 2.36. The smallest absolute Gasteiger partial charge is 0.255 e. The van der Waals surface area contributed by atoms with Crippen LogP contribution < -0.4 is 10.6 Å². The lowest BCUT2D eigenvalue weighted by atomic mass is 10.2. The van der Waals surface area contributed by atoms with Crippen LogP contribution in [0.3, 0.4) is 0 Å². The summed E-state index contributed by atoms with van der Waals surface area (Å²) in [7, 11) is 0. The maximum atomic E-state index is 12.3. The molecule has 132 valence electrons. The van der Waals surface area contributed by atoms with Gasteiger partial charge >= 0.3 is 0 Å². The van der Waals surface area contributed by atoms with Crippen molar-refractivity contribution in [2.75, 3.05) is 10.6 Å².